The van der Waals surface area contributed by atoms with Crippen molar-refractivity contribution >= 4 is 6.09 Å². The molecular formula is C22H21N3O3. The van der Waals surface area contributed by atoms with Gasteiger partial charge in [0.15, 0.2) is 0 Å². The SMILES string of the molecule is Cc1nc(CCNC(=O)OCC2c3ccccc3-c3ccccc32)cc(=O)[nH]1. The molecule has 6 nitrogen and oxygen atoms in total. The van der Waals surface area contributed by atoms with Crippen molar-refractivity contribution in [2.24, 2.45) is 0 Å². The Morgan fingerprint density at radius 3 is 2.39 bits per heavy atom. The van der Waals surface area contributed by atoms with Crippen LogP contribution >= 0.6 is 0 Å². The molecule has 0 spiro atoms. The van der Waals surface area contributed by atoms with Crippen LogP contribution in [0, 0.1) is 6.92 Å². The summed E-state index contributed by atoms with van der Waals surface area (Å²) in [4.78, 5) is 30.4. The number of nitrogens with one attached hydrogen (secondary N) is 2. The summed E-state index contributed by atoms with van der Waals surface area (Å²) in [7, 11) is 0. The smallest absolute Gasteiger partial charge is 0.407 e. The number of carbonyl (C=O) groups excluding carboxylic acids is 1. The van der Waals surface area contributed by atoms with Gasteiger partial charge in [0.25, 0.3) is 5.56 Å². The van der Waals surface area contributed by atoms with Crippen LogP contribution in [0.5, 0.6) is 0 Å². The van der Waals surface area contributed by atoms with E-state index in [2.05, 4.69) is 39.6 Å². The number of fused-ring (bicyclic) bond motifs is 3. The second-order valence-electron chi connectivity index (χ2n) is 6.82. The first-order valence-corrected chi connectivity index (χ1v) is 9.27. The number of rotatable bonds is 5. The van der Waals surface area contributed by atoms with Gasteiger partial charge in [0.1, 0.15) is 12.4 Å². The second kappa shape index (κ2) is 7.68. The second-order valence-corrected chi connectivity index (χ2v) is 6.82. The van der Waals surface area contributed by atoms with Crippen LogP contribution in [-0.4, -0.2) is 29.2 Å². The molecule has 1 heterocycles. The fraction of sp³-hybridized carbons (Fsp3) is 0.227. The van der Waals surface area contributed by atoms with E-state index in [1.165, 1.54) is 28.3 Å². The van der Waals surface area contributed by atoms with Gasteiger partial charge < -0.3 is 15.0 Å². The Balaban J connectivity index is 1.35. The molecule has 0 saturated heterocycles. The molecule has 2 aromatic carbocycles. The number of aromatic amines is 1. The molecule has 0 fully saturated rings. The average molecular weight is 375 g/mol. The Morgan fingerprint density at radius 2 is 1.75 bits per heavy atom. The first-order valence-electron chi connectivity index (χ1n) is 9.27. The highest BCUT2D eigenvalue weighted by molar-refractivity contribution is 5.79. The number of benzene rings is 2. The summed E-state index contributed by atoms with van der Waals surface area (Å²) in [5.74, 6) is 0.596. The van der Waals surface area contributed by atoms with Crippen molar-refractivity contribution < 1.29 is 9.53 Å². The standard InChI is InChI=1S/C22H21N3O3/c1-14-24-15(12-21(26)25-14)10-11-23-22(27)28-13-20-18-8-4-2-6-16(18)17-7-3-5-9-19(17)20/h2-9,12,20H,10-11,13H2,1H3,(H,23,27)(H,24,25,26). The maximum absolute atomic E-state index is 12.1. The summed E-state index contributed by atoms with van der Waals surface area (Å²) in [5, 5.41) is 2.73. The zero-order valence-electron chi connectivity index (χ0n) is 15.6. The number of aryl methyl sites for hydroxylation is 1. The quantitative estimate of drug-likeness (QED) is 0.717. The van der Waals surface area contributed by atoms with Crippen molar-refractivity contribution in [1.82, 2.24) is 15.3 Å². The third kappa shape index (κ3) is 3.67. The minimum Gasteiger partial charge on any atom is -0.449 e. The van der Waals surface area contributed by atoms with Crippen molar-refractivity contribution in [3.05, 3.63) is 87.6 Å². The van der Waals surface area contributed by atoms with Gasteiger partial charge in [-0.3, -0.25) is 4.79 Å². The van der Waals surface area contributed by atoms with E-state index >= 15 is 0 Å². The fourth-order valence-electron chi connectivity index (χ4n) is 3.71. The summed E-state index contributed by atoms with van der Waals surface area (Å²) in [6, 6.07) is 17.9. The first-order chi connectivity index (χ1) is 13.6. The highest BCUT2D eigenvalue weighted by atomic mass is 16.5. The Hall–Kier alpha value is -3.41. The van der Waals surface area contributed by atoms with Crippen LogP contribution in [0.25, 0.3) is 11.1 Å². The third-order valence-electron chi connectivity index (χ3n) is 4.91. The maximum Gasteiger partial charge on any atom is 0.407 e. The van der Waals surface area contributed by atoms with Gasteiger partial charge in [0, 0.05) is 30.6 Å². The molecule has 1 aliphatic carbocycles. The van der Waals surface area contributed by atoms with Gasteiger partial charge in [-0.1, -0.05) is 48.5 Å². The zero-order valence-corrected chi connectivity index (χ0v) is 15.6. The van der Waals surface area contributed by atoms with Crippen LogP contribution in [0.1, 0.15) is 28.6 Å². The molecule has 3 aromatic rings. The van der Waals surface area contributed by atoms with E-state index < -0.39 is 6.09 Å². The summed E-state index contributed by atoms with van der Waals surface area (Å²) in [6.07, 6.45) is -0.00183. The molecule has 1 amide bonds. The van der Waals surface area contributed by atoms with Gasteiger partial charge in [0.2, 0.25) is 0 Å². The summed E-state index contributed by atoms with van der Waals surface area (Å²) in [5.41, 5.74) is 5.20. The lowest BCUT2D eigenvalue weighted by atomic mass is 9.98. The van der Waals surface area contributed by atoms with Crippen molar-refractivity contribution in [3.8, 4) is 11.1 Å². The number of alkyl carbamates (subject to hydrolysis) is 1. The molecule has 0 bridgehead atoms. The lowest BCUT2D eigenvalue weighted by Gasteiger charge is -2.14. The van der Waals surface area contributed by atoms with Gasteiger partial charge in [-0.15, -0.1) is 0 Å². The van der Waals surface area contributed by atoms with E-state index in [-0.39, 0.29) is 18.1 Å². The molecule has 0 unspecified atom stereocenters. The van der Waals surface area contributed by atoms with E-state index in [1.54, 1.807) is 6.92 Å². The van der Waals surface area contributed by atoms with E-state index in [0.717, 1.165) is 0 Å². The third-order valence-corrected chi connectivity index (χ3v) is 4.91. The fourth-order valence-corrected chi connectivity index (χ4v) is 3.71. The van der Waals surface area contributed by atoms with Crippen LogP contribution in [-0.2, 0) is 11.2 Å². The molecule has 4 rings (SSSR count). The molecule has 0 aliphatic heterocycles. The molecule has 28 heavy (non-hydrogen) atoms. The Labute approximate surface area is 162 Å². The molecular weight excluding hydrogens is 354 g/mol. The highest BCUT2D eigenvalue weighted by Gasteiger charge is 2.28. The lowest BCUT2D eigenvalue weighted by molar-refractivity contribution is 0.143. The minimum absolute atomic E-state index is 0.0372. The molecule has 1 aromatic heterocycles. The molecule has 2 N–H and O–H groups in total. The maximum atomic E-state index is 12.1. The van der Waals surface area contributed by atoms with Gasteiger partial charge in [-0.25, -0.2) is 9.78 Å². The highest BCUT2D eigenvalue weighted by Crippen LogP contribution is 2.44. The molecule has 6 heteroatoms. The van der Waals surface area contributed by atoms with Gasteiger partial charge in [-0.2, -0.15) is 0 Å². The van der Waals surface area contributed by atoms with E-state index in [4.69, 9.17) is 4.74 Å². The Morgan fingerprint density at radius 1 is 1.11 bits per heavy atom. The van der Waals surface area contributed by atoms with Crippen LogP contribution in [0.15, 0.2) is 59.4 Å². The first kappa shape index (κ1) is 18.0. The average Bonchev–Trinajstić information content (AvgIpc) is 3.00. The molecule has 0 saturated carbocycles. The Bertz CT molecular complexity index is 1030. The van der Waals surface area contributed by atoms with Crippen molar-refractivity contribution in [2.75, 3.05) is 13.2 Å². The number of hydrogen-bond acceptors (Lipinski definition) is 4. The Kier molecular flexibility index (Phi) is 4.93. The van der Waals surface area contributed by atoms with E-state index in [1.807, 2.05) is 24.3 Å². The van der Waals surface area contributed by atoms with E-state index in [0.29, 0.717) is 24.5 Å². The normalized spacial score (nSPS) is 12.3. The molecule has 142 valence electrons. The zero-order chi connectivity index (χ0) is 19.5. The number of hydrogen-bond donors (Lipinski definition) is 2. The summed E-state index contributed by atoms with van der Waals surface area (Å²) < 4.78 is 5.49. The largest absolute Gasteiger partial charge is 0.449 e. The summed E-state index contributed by atoms with van der Waals surface area (Å²) in [6.45, 7) is 2.36. The number of ether oxygens (including phenoxy) is 1. The van der Waals surface area contributed by atoms with Crippen LogP contribution in [0.4, 0.5) is 4.79 Å². The van der Waals surface area contributed by atoms with E-state index in [9.17, 15) is 9.59 Å². The predicted octanol–water partition coefficient (Wildman–Crippen LogP) is 3.16. The van der Waals surface area contributed by atoms with Gasteiger partial charge >= 0.3 is 6.09 Å². The number of amides is 1. The number of H-pyrrole nitrogens is 1. The number of carbonyl (C=O) groups is 1. The number of aromatic nitrogens is 2. The number of nitrogens with zero attached hydrogens (tertiary/aromatic N) is 1. The minimum atomic E-state index is -0.469. The van der Waals surface area contributed by atoms with Gasteiger partial charge in [-0.05, 0) is 29.2 Å². The van der Waals surface area contributed by atoms with Crippen LogP contribution in [0.3, 0.4) is 0 Å². The molecule has 1 aliphatic rings. The van der Waals surface area contributed by atoms with Crippen molar-refractivity contribution in [1.29, 1.82) is 0 Å². The van der Waals surface area contributed by atoms with Gasteiger partial charge in [0.05, 0.1) is 0 Å². The van der Waals surface area contributed by atoms with Crippen LogP contribution in [0.2, 0.25) is 0 Å². The lowest BCUT2D eigenvalue weighted by Crippen LogP contribution is -2.28. The van der Waals surface area contributed by atoms with Crippen LogP contribution < -0.4 is 10.9 Å². The monoisotopic (exact) mass is 375 g/mol. The predicted molar refractivity (Wildman–Crippen MR) is 106 cm³/mol. The van der Waals surface area contributed by atoms with Crippen molar-refractivity contribution in [3.63, 3.8) is 0 Å². The molecule has 0 atom stereocenters. The molecule has 0 radical (unpaired) electrons. The topological polar surface area (TPSA) is 84.1 Å². The summed E-state index contributed by atoms with van der Waals surface area (Å²) >= 11 is 0. The van der Waals surface area contributed by atoms with Crippen molar-refractivity contribution in [2.45, 2.75) is 19.3 Å².